The minimum absolute atomic E-state index is 0.0474. The van der Waals surface area contributed by atoms with Crippen LogP contribution >= 0.6 is 11.6 Å². The van der Waals surface area contributed by atoms with Crippen LogP contribution in [0.5, 0.6) is 5.75 Å². The second kappa shape index (κ2) is 8.87. The molecule has 0 spiro atoms. The molecule has 2 saturated heterocycles. The topological polar surface area (TPSA) is 84.0 Å². The zero-order valence-electron chi connectivity index (χ0n) is 18.8. The van der Waals surface area contributed by atoms with Crippen LogP contribution < -0.4 is 14.5 Å². The molecule has 34 heavy (non-hydrogen) atoms. The van der Waals surface area contributed by atoms with Crippen molar-refractivity contribution in [3.05, 3.63) is 53.6 Å². The van der Waals surface area contributed by atoms with Gasteiger partial charge in [0, 0.05) is 29.7 Å². The second-order valence-electron chi connectivity index (χ2n) is 9.44. The van der Waals surface area contributed by atoms with E-state index in [1.807, 2.05) is 0 Å². The van der Waals surface area contributed by atoms with Crippen molar-refractivity contribution in [1.82, 2.24) is 0 Å². The zero-order chi connectivity index (χ0) is 24.0. The highest BCUT2D eigenvalue weighted by Crippen LogP contribution is 2.42. The van der Waals surface area contributed by atoms with Crippen LogP contribution in [0.4, 0.5) is 11.4 Å². The third-order valence-corrected chi connectivity index (χ3v) is 7.33. The highest BCUT2D eigenvalue weighted by molar-refractivity contribution is 6.30. The number of halogens is 1. The van der Waals surface area contributed by atoms with Gasteiger partial charge in [-0.3, -0.25) is 19.2 Å². The van der Waals surface area contributed by atoms with Gasteiger partial charge in [0.1, 0.15) is 5.75 Å². The maximum atomic E-state index is 13.0. The van der Waals surface area contributed by atoms with E-state index in [0.29, 0.717) is 22.3 Å². The Kier molecular flexibility index (Phi) is 5.90. The second-order valence-corrected chi connectivity index (χ2v) is 9.88. The van der Waals surface area contributed by atoms with Crippen molar-refractivity contribution in [2.75, 3.05) is 16.3 Å². The summed E-state index contributed by atoms with van der Waals surface area (Å²) < 4.78 is 5.57. The number of amides is 3. The molecule has 0 aromatic heterocycles. The van der Waals surface area contributed by atoms with E-state index in [4.69, 9.17) is 16.3 Å². The number of fused-ring (bicyclic) bond motifs is 1. The maximum Gasteiger partial charge on any atom is 0.316 e. The molecule has 4 atom stereocenters. The summed E-state index contributed by atoms with van der Waals surface area (Å²) in [7, 11) is 0. The number of benzene rings is 2. The molecular weight excluding hydrogens is 456 g/mol. The molecule has 2 aromatic rings. The average Bonchev–Trinajstić information content (AvgIpc) is 3.32. The normalized spacial score (nSPS) is 26.7. The third-order valence-electron chi connectivity index (χ3n) is 7.08. The van der Waals surface area contributed by atoms with Gasteiger partial charge in [-0.25, -0.2) is 4.90 Å². The van der Waals surface area contributed by atoms with E-state index in [-0.39, 0.29) is 48.3 Å². The van der Waals surface area contributed by atoms with E-state index in [2.05, 4.69) is 6.92 Å². The fraction of sp³-hybridized carbons (Fsp3) is 0.385. The average molecular weight is 481 g/mol. The first-order chi connectivity index (χ1) is 16.3. The minimum atomic E-state index is -0.619. The lowest BCUT2D eigenvalue weighted by Gasteiger charge is -2.25. The molecule has 0 unspecified atom stereocenters. The number of esters is 1. The summed E-state index contributed by atoms with van der Waals surface area (Å²) >= 11 is 5.92. The molecule has 2 aromatic carbocycles. The molecule has 5 rings (SSSR count). The Labute approximate surface area is 202 Å². The summed E-state index contributed by atoms with van der Waals surface area (Å²) in [4.78, 5) is 54.1. The third kappa shape index (κ3) is 4.09. The molecule has 3 amide bonds. The Morgan fingerprint density at radius 3 is 2.47 bits per heavy atom. The van der Waals surface area contributed by atoms with Crippen molar-refractivity contribution in [3.8, 4) is 5.75 Å². The van der Waals surface area contributed by atoms with Gasteiger partial charge in [-0.1, -0.05) is 24.6 Å². The number of rotatable bonds is 4. The van der Waals surface area contributed by atoms with Crippen molar-refractivity contribution in [3.63, 3.8) is 0 Å². The van der Waals surface area contributed by atoms with Crippen molar-refractivity contribution < 1.29 is 23.9 Å². The fourth-order valence-electron chi connectivity index (χ4n) is 5.27. The van der Waals surface area contributed by atoms with Crippen LogP contribution in [0.25, 0.3) is 0 Å². The van der Waals surface area contributed by atoms with Gasteiger partial charge in [0.25, 0.3) is 0 Å². The van der Waals surface area contributed by atoms with Gasteiger partial charge in [-0.15, -0.1) is 0 Å². The summed E-state index contributed by atoms with van der Waals surface area (Å²) in [5, 5.41) is 0.565. The minimum Gasteiger partial charge on any atom is -0.426 e. The molecule has 8 heteroatoms. The lowest BCUT2D eigenvalue weighted by molar-refractivity contribution is -0.139. The number of imide groups is 1. The Morgan fingerprint density at radius 2 is 1.71 bits per heavy atom. The van der Waals surface area contributed by atoms with E-state index >= 15 is 0 Å². The number of carbonyl (C=O) groups excluding carboxylic acids is 4. The Morgan fingerprint density at radius 1 is 0.971 bits per heavy atom. The Bertz CT molecular complexity index is 1160. The number of hydrogen-bond acceptors (Lipinski definition) is 5. The Hall–Kier alpha value is -3.19. The molecule has 2 aliphatic heterocycles. The van der Waals surface area contributed by atoms with Crippen LogP contribution in [-0.2, 0) is 19.2 Å². The molecule has 3 fully saturated rings. The molecule has 0 N–H and O–H groups in total. The lowest BCUT2D eigenvalue weighted by Crippen LogP contribution is -2.31. The molecule has 3 aliphatic rings. The first-order valence-corrected chi connectivity index (χ1v) is 11.9. The highest BCUT2D eigenvalue weighted by atomic mass is 35.5. The predicted octanol–water partition coefficient (Wildman–Crippen LogP) is 4.22. The fourth-order valence-corrected chi connectivity index (χ4v) is 5.39. The molecule has 1 saturated carbocycles. The van der Waals surface area contributed by atoms with Crippen molar-refractivity contribution >= 4 is 46.7 Å². The first kappa shape index (κ1) is 22.6. The quantitative estimate of drug-likeness (QED) is 0.371. The summed E-state index contributed by atoms with van der Waals surface area (Å²) in [6, 6.07) is 13.3. The predicted molar refractivity (Wildman–Crippen MR) is 126 cm³/mol. The summed E-state index contributed by atoms with van der Waals surface area (Å²) in [6.07, 6.45) is 2.44. The zero-order valence-corrected chi connectivity index (χ0v) is 19.5. The standard InChI is InChI=1S/C26H25ClN2O5/c1-15-5-10-21-22(11-15)25(32)29(24(21)31)19-3-2-4-20(13-19)34-26(33)16-12-23(30)28(14-16)18-8-6-17(27)7-9-18/h2-4,6-9,13,15-16,21-22H,5,10-12,14H2,1H3/t15-,16+,21+,22-/m1/s1. The molecular formula is C26H25ClN2O5. The maximum absolute atomic E-state index is 13.0. The number of nitrogens with zero attached hydrogens (tertiary/aromatic N) is 2. The van der Waals surface area contributed by atoms with Crippen LogP contribution in [0.2, 0.25) is 5.02 Å². The van der Waals surface area contributed by atoms with Crippen molar-refractivity contribution in [2.24, 2.45) is 23.7 Å². The molecule has 0 bridgehead atoms. The molecule has 7 nitrogen and oxygen atoms in total. The smallest absolute Gasteiger partial charge is 0.316 e. The van der Waals surface area contributed by atoms with Crippen LogP contribution in [0.3, 0.4) is 0 Å². The van der Waals surface area contributed by atoms with Crippen LogP contribution in [0.1, 0.15) is 32.6 Å². The first-order valence-electron chi connectivity index (χ1n) is 11.6. The van der Waals surface area contributed by atoms with Crippen LogP contribution in [0.15, 0.2) is 48.5 Å². The van der Waals surface area contributed by atoms with E-state index in [0.717, 1.165) is 19.3 Å². The van der Waals surface area contributed by atoms with Gasteiger partial charge >= 0.3 is 5.97 Å². The highest BCUT2D eigenvalue weighted by Gasteiger charge is 2.50. The van der Waals surface area contributed by atoms with Gasteiger partial charge in [0.05, 0.1) is 23.4 Å². The summed E-state index contributed by atoms with van der Waals surface area (Å²) in [5.41, 5.74) is 1.08. The summed E-state index contributed by atoms with van der Waals surface area (Å²) in [6.45, 7) is 2.32. The molecule has 1 aliphatic carbocycles. The molecule has 2 heterocycles. The largest absolute Gasteiger partial charge is 0.426 e. The number of ether oxygens (including phenoxy) is 1. The Balaban J connectivity index is 1.28. The van der Waals surface area contributed by atoms with Crippen LogP contribution in [0, 0.1) is 23.7 Å². The number of carbonyl (C=O) groups is 4. The van der Waals surface area contributed by atoms with Gasteiger partial charge in [-0.2, -0.15) is 0 Å². The molecule has 0 radical (unpaired) electrons. The van der Waals surface area contributed by atoms with E-state index in [9.17, 15) is 19.2 Å². The number of anilines is 2. The van der Waals surface area contributed by atoms with Crippen molar-refractivity contribution in [1.29, 1.82) is 0 Å². The van der Waals surface area contributed by atoms with Gasteiger partial charge in [-0.05, 0) is 61.6 Å². The molecule has 176 valence electrons. The van der Waals surface area contributed by atoms with E-state index < -0.39 is 11.9 Å². The van der Waals surface area contributed by atoms with Crippen LogP contribution in [-0.4, -0.2) is 30.2 Å². The monoisotopic (exact) mass is 480 g/mol. The van der Waals surface area contributed by atoms with Crippen molar-refractivity contribution in [2.45, 2.75) is 32.6 Å². The number of hydrogen-bond donors (Lipinski definition) is 0. The van der Waals surface area contributed by atoms with E-state index in [1.165, 1.54) is 4.90 Å². The summed E-state index contributed by atoms with van der Waals surface area (Å²) in [5.74, 6) is -1.53. The van der Waals surface area contributed by atoms with Gasteiger partial charge < -0.3 is 9.64 Å². The van der Waals surface area contributed by atoms with Gasteiger partial charge in [0.15, 0.2) is 0 Å². The van der Waals surface area contributed by atoms with E-state index in [1.54, 1.807) is 53.4 Å². The van der Waals surface area contributed by atoms with Gasteiger partial charge in [0.2, 0.25) is 17.7 Å². The SMILES string of the molecule is C[C@@H]1CC[C@@H]2C(=O)N(c3cccc(OC(=O)[C@H]4CC(=O)N(c5ccc(Cl)cc5)C4)c3)C(=O)[C@@H]2C1. The lowest BCUT2D eigenvalue weighted by atomic mass is 9.76.